The molecule has 0 aliphatic heterocycles. The summed E-state index contributed by atoms with van der Waals surface area (Å²) in [5, 5.41) is 28.8. The fourth-order valence-electron chi connectivity index (χ4n) is 1.45. The Balaban J connectivity index is 2.88. The number of anilines is 1. The number of carboxylic acid groups (broad SMARTS) is 2. The normalized spacial score (nSPS) is 11.3. The third kappa shape index (κ3) is 3.49. The van der Waals surface area contributed by atoms with E-state index in [-0.39, 0.29) is 0 Å². The molecule has 0 radical (unpaired) electrons. The zero-order valence-electron chi connectivity index (χ0n) is 9.67. The molecule has 0 aliphatic rings. The first-order valence-corrected chi connectivity index (χ1v) is 5.16. The Morgan fingerprint density at radius 3 is 2.56 bits per heavy atom. The number of carbonyl (C=O) groups is 2. The fourth-order valence-corrected chi connectivity index (χ4v) is 1.45. The largest absolute Gasteiger partial charge is 0.481 e. The van der Waals surface area contributed by atoms with Crippen molar-refractivity contribution in [3.63, 3.8) is 0 Å². The van der Waals surface area contributed by atoms with E-state index < -0.39 is 24.4 Å². The second-order valence-corrected chi connectivity index (χ2v) is 3.77. The molecule has 0 aliphatic carbocycles. The van der Waals surface area contributed by atoms with Crippen molar-refractivity contribution in [2.24, 2.45) is 0 Å². The lowest BCUT2D eigenvalue weighted by atomic mass is 10.1. The summed E-state index contributed by atoms with van der Waals surface area (Å²) in [5.74, 6) is -2.43. The Bertz CT molecular complexity index is 519. The Hall–Kier alpha value is -2.55. The minimum Gasteiger partial charge on any atom is -0.481 e. The SMILES string of the molecule is Cc1cc(NC(CC(=O)O)C(=O)O)ccc1C#N. The number of nitriles is 1. The molecule has 0 saturated heterocycles. The third-order valence-corrected chi connectivity index (χ3v) is 2.36. The van der Waals surface area contributed by atoms with Gasteiger partial charge in [-0.25, -0.2) is 4.79 Å². The molecule has 1 atom stereocenters. The van der Waals surface area contributed by atoms with Crippen LogP contribution in [0, 0.1) is 18.3 Å². The zero-order chi connectivity index (χ0) is 13.7. The second kappa shape index (κ2) is 5.68. The van der Waals surface area contributed by atoms with Crippen LogP contribution in [0.3, 0.4) is 0 Å². The van der Waals surface area contributed by atoms with Gasteiger partial charge in [0.05, 0.1) is 18.1 Å². The van der Waals surface area contributed by atoms with E-state index in [2.05, 4.69) is 5.32 Å². The maximum Gasteiger partial charge on any atom is 0.326 e. The summed E-state index contributed by atoms with van der Waals surface area (Å²) in [4.78, 5) is 21.4. The van der Waals surface area contributed by atoms with Crippen LogP contribution in [0.1, 0.15) is 17.5 Å². The molecule has 1 aromatic rings. The molecule has 1 unspecified atom stereocenters. The van der Waals surface area contributed by atoms with Gasteiger partial charge in [0.2, 0.25) is 0 Å². The van der Waals surface area contributed by atoms with E-state index in [1.165, 1.54) is 0 Å². The molecule has 0 heterocycles. The van der Waals surface area contributed by atoms with E-state index in [9.17, 15) is 9.59 Å². The van der Waals surface area contributed by atoms with Crippen molar-refractivity contribution in [1.29, 1.82) is 5.26 Å². The van der Waals surface area contributed by atoms with E-state index >= 15 is 0 Å². The third-order valence-electron chi connectivity index (χ3n) is 2.36. The summed E-state index contributed by atoms with van der Waals surface area (Å²) >= 11 is 0. The van der Waals surface area contributed by atoms with Gasteiger partial charge in [0, 0.05) is 5.69 Å². The van der Waals surface area contributed by atoms with Crippen LogP contribution in [0.4, 0.5) is 5.69 Å². The molecule has 1 rings (SSSR count). The number of aryl methyl sites for hydroxylation is 1. The summed E-state index contributed by atoms with van der Waals surface area (Å²) in [6.45, 7) is 1.72. The number of carboxylic acids is 2. The summed E-state index contributed by atoms with van der Waals surface area (Å²) in [5.41, 5.74) is 1.66. The van der Waals surface area contributed by atoms with Crippen LogP contribution in [0.2, 0.25) is 0 Å². The van der Waals surface area contributed by atoms with Gasteiger partial charge in [-0.05, 0) is 30.7 Å². The average molecular weight is 248 g/mol. The van der Waals surface area contributed by atoms with Gasteiger partial charge in [0.15, 0.2) is 0 Å². The molecule has 0 saturated carbocycles. The number of nitrogens with one attached hydrogen (secondary N) is 1. The molecule has 0 amide bonds. The van der Waals surface area contributed by atoms with Crippen molar-refractivity contribution in [1.82, 2.24) is 0 Å². The van der Waals surface area contributed by atoms with Gasteiger partial charge in [-0.15, -0.1) is 0 Å². The Labute approximate surface area is 103 Å². The van der Waals surface area contributed by atoms with Crippen LogP contribution >= 0.6 is 0 Å². The highest BCUT2D eigenvalue weighted by atomic mass is 16.4. The van der Waals surface area contributed by atoms with Crippen LogP contribution in [0.15, 0.2) is 18.2 Å². The minimum absolute atomic E-state index is 0.472. The van der Waals surface area contributed by atoms with Crippen molar-refractivity contribution < 1.29 is 19.8 Å². The minimum atomic E-state index is -1.24. The maximum atomic E-state index is 10.9. The van der Waals surface area contributed by atoms with Crippen LogP contribution in [-0.2, 0) is 9.59 Å². The maximum absolute atomic E-state index is 10.9. The van der Waals surface area contributed by atoms with E-state index in [4.69, 9.17) is 15.5 Å². The van der Waals surface area contributed by atoms with Crippen molar-refractivity contribution in [2.75, 3.05) is 5.32 Å². The second-order valence-electron chi connectivity index (χ2n) is 3.77. The van der Waals surface area contributed by atoms with Gasteiger partial charge in [0.25, 0.3) is 0 Å². The number of hydrogen-bond donors (Lipinski definition) is 3. The van der Waals surface area contributed by atoms with E-state index in [0.29, 0.717) is 16.8 Å². The summed E-state index contributed by atoms with van der Waals surface area (Å²) in [7, 11) is 0. The molecule has 18 heavy (non-hydrogen) atoms. The highest BCUT2D eigenvalue weighted by molar-refractivity contribution is 5.83. The fraction of sp³-hybridized carbons (Fsp3) is 0.250. The molecule has 0 fully saturated rings. The van der Waals surface area contributed by atoms with Gasteiger partial charge in [-0.3, -0.25) is 4.79 Å². The topological polar surface area (TPSA) is 110 Å². The van der Waals surface area contributed by atoms with Crippen molar-refractivity contribution in [3.05, 3.63) is 29.3 Å². The number of rotatable bonds is 5. The van der Waals surface area contributed by atoms with E-state index in [1.54, 1.807) is 25.1 Å². The van der Waals surface area contributed by atoms with Crippen molar-refractivity contribution in [2.45, 2.75) is 19.4 Å². The first kappa shape index (κ1) is 13.5. The average Bonchev–Trinajstić information content (AvgIpc) is 2.27. The van der Waals surface area contributed by atoms with Crippen LogP contribution < -0.4 is 5.32 Å². The molecule has 1 aromatic carbocycles. The van der Waals surface area contributed by atoms with Crippen LogP contribution in [-0.4, -0.2) is 28.2 Å². The van der Waals surface area contributed by atoms with Gasteiger partial charge >= 0.3 is 11.9 Å². The standard InChI is InChI=1S/C12H12N2O4/c1-7-4-9(3-2-8(7)6-13)14-10(12(17)18)5-11(15)16/h2-4,10,14H,5H2,1H3,(H,15,16)(H,17,18). The number of hydrogen-bond acceptors (Lipinski definition) is 4. The zero-order valence-corrected chi connectivity index (χ0v) is 9.67. The van der Waals surface area contributed by atoms with Gasteiger partial charge < -0.3 is 15.5 Å². The molecule has 6 heteroatoms. The monoisotopic (exact) mass is 248 g/mol. The van der Waals surface area contributed by atoms with Crippen molar-refractivity contribution in [3.8, 4) is 6.07 Å². The lowest BCUT2D eigenvalue weighted by Crippen LogP contribution is -2.31. The molecule has 0 bridgehead atoms. The summed E-state index contributed by atoms with van der Waals surface area (Å²) < 4.78 is 0. The van der Waals surface area contributed by atoms with E-state index in [1.807, 2.05) is 6.07 Å². The Kier molecular flexibility index (Phi) is 4.27. The van der Waals surface area contributed by atoms with Crippen molar-refractivity contribution >= 4 is 17.6 Å². The molecule has 6 nitrogen and oxygen atoms in total. The van der Waals surface area contributed by atoms with E-state index in [0.717, 1.165) is 0 Å². The highest BCUT2D eigenvalue weighted by Gasteiger charge is 2.20. The molecule has 94 valence electrons. The number of nitrogens with zero attached hydrogens (tertiary/aromatic N) is 1. The van der Waals surface area contributed by atoms with Crippen LogP contribution in [0.5, 0.6) is 0 Å². The Morgan fingerprint density at radius 1 is 1.44 bits per heavy atom. The predicted molar refractivity (Wildman–Crippen MR) is 63.2 cm³/mol. The summed E-state index contributed by atoms with van der Waals surface area (Å²) in [6.07, 6.45) is -0.519. The lowest BCUT2D eigenvalue weighted by molar-refractivity contribution is -0.144. The van der Waals surface area contributed by atoms with Gasteiger partial charge in [0.1, 0.15) is 6.04 Å². The molecule has 0 spiro atoms. The van der Waals surface area contributed by atoms with Gasteiger partial charge in [-0.1, -0.05) is 0 Å². The molecular formula is C12H12N2O4. The highest BCUT2D eigenvalue weighted by Crippen LogP contribution is 2.16. The lowest BCUT2D eigenvalue weighted by Gasteiger charge is -2.14. The van der Waals surface area contributed by atoms with Gasteiger partial charge in [-0.2, -0.15) is 5.26 Å². The molecule has 3 N–H and O–H groups in total. The number of aliphatic carboxylic acids is 2. The quantitative estimate of drug-likeness (QED) is 0.722. The Morgan fingerprint density at radius 2 is 2.11 bits per heavy atom. The predicted octanol–water partition coefficient (Wildman–Crippen LogP) is 1.21. The molecular weight excluding hydrogens is 236 g/mol. The summed E-state index contributed by atoms with van der Waals surface area (Å²) in [6, 6.07) is 5.50. The first-order chi connectivity index (χ1) is 8.43. The number of benzene rings is 1. The smallest absolute Gasteiger partial charge is 0.326 e. The molecule has 0 aromatic heterocycles. The van der Waals surface area contributed by atoms with Crippen LogP contribution in [0.25, 0.3) is 0 Å². The first-order valence-electron chi connectivity index (χ1n) is 5.16.